The zero-order chi connectivity index (χ0) is 21.4. The lowest BCUT2D eigenvalue weighted by atomic mass is 10.2. The number of nitrogens with one attached hydrogen (secondary N) is 1. The smallest absolute Gasteiger partial charge is 0.238 e. The van der Waals surface area contributed by atoms with Gasteiger partial charge >= 0.3 is 0 Å². The lowest BCUT2D eigenvalue weighted by Gasteiger charge is -2.14. The predicted octanol–water partition coefficient (Wildman–Crippen LogP) is 5.04. The van der Waals surface area contributed by atoms with E-state index in [4.69, 9.17) is 14.7 Å². The van der Waals surface area contributed by atoms with Crippen LogP contribution in [-0.4, -0.2) is 26.6 Å². The first-order valence-corrected chi connectivity index (χ1v) is 9.91. The highest BCUT2D eigenvalue weighted by Crippen LogP contribution is 2.30. The van der Waals surface area contributed by atoms with Crippen LogP contribution in [0.5, 0.6) is 5.75 Å². The van der Waals surface area contributed by atoms with Crippen LogP contribution in [0.4, 0.5) is 10.2 Å². The summed E-state index contributed by atoms with van der Waals surface area (Å²) in [4.78, 5) is 14.3. The maximum atomic E-state index is 13.3. The Labute approximate surface area is 178 Å². The van der Waals surface area contributed by atoms with E-state index in [2.05, 4.69) is 10.3 Å². The molecule has 2 heterocycles. The number of rotatable bonds is 5. The first kappa shape index (κ1) is 19.0. The SMILES string of the molecule is COc1cccc2c(NCc3ccc(F)cc3)nc(-n3c(C)nc4ccccc43)nc12. The van der Waals surface area contributed by atoms with Gasteiger partial charge < -0.3 is 10.1 Å². The summed E-state index contributed by atoms with van der Waals surface area (Å²) in [6, 6.07) is 20.0. The van der Waals surface area contributed by atoms with Crippen molar-refractivity contribution >= 4 is 27.8 Å². The molecular formula is C24H20FN5O. The minimum Gasteiger partial charge on any atom is -0.494 e. The third-order valence-electron chi connectivity index (χ3n) is 5.20. The van der Waals surface area contributed by atoms with Crippen molar-refractivity contribution in [2.24, 2.45) is 0 Å². The molecule has 1 N–H and O–H groups in total. The highest BCUT2D eigenvalue weighted by atomic mass is 19.1. The van der Waals surface area contributed by atoms with Crippen LogP contribution in [0.3, 0.4) is 0 Å². The summed E-state index contributed by atoms with van der Waals surface area (Å²) in [5, 5.41) is 4.22. The molecule has 0 amide bonds. The minimum atomic E-state index is -0.259. The van der Waals surface area contributed by atoms with E-state index in [1.54, 1.807) is 19.2 Å². The Morgan fingerprint density at radius 1 is 0.935 bits per heavy atom. The van der Waals surface area contributed by atoms with Crippen molar-refractivity contribution in [1.29, 1.82) is 0 Å². The number of nitrogens with zero attached hydrogens (tertiary/aromatic N) is 4. The number of methoxy groups -OCH3 is 1. The topological polar surface area (TPSA) is 64.9 Å². The number of aromatic nitrogens is 4. The van der Waals surface area contributed by atoms with Gasteiger partial charge in [0.05, 0.1) is 18.1 Å². The van der Waals surface area contributed by atoms with Crippen LogP contribution < -0.4 is 10.1 Å². The standard InChI is InChI=1S/C24H20FN5O/c1-15-27-19-7-3-4-8-20(19)30(15)24-28-22-18(6-5-9-21(22)31-2)23(29-24)26-14-16-10-12-17(25)13-11-16/h3-13H,14H2,1-2H3,(H,26,28,29). The molecule has 0 unspecified atom stereocenters. The number of para-hydroxylation sites is 3. The lowest BCUT2D eigenvalue weighted by molar-refractivity contribution is 0.419. The molecule has 0 aliphatic heterocycles. The summed E-state index contributed by atoms with van der Waals surface area (Å²) >= 11 is 0. The van der Waals surface area contributed by atoms with Gasteiger partial charge in [-0.05, 0) is 48.9 Å². The Kier molecular flexibility index (Phi) is 4.71. The molecule has 31 heavy (non-hydrogen) atoms. The molecule has 154 valence electrons. The first-order chi connectivity index (χ1) is 15.1. The van der Waals surface area contributed by atoms with E-state index < -0.39 is 0 Å². The van der Waals surface area contributed by atoms with Crippen LogP contribution in [0.15, 0.2) is 66.7 Å². The van der Waals surface area contributed by atoms with Crippen molar-refractivity contribution in [3.05, 3.63) is 83.9 Å². The van der Waals surface area contributed by atoms with Gasteiger partial charge in [0.15, 0.2) is 0 Å². The van der Waals surface area contributed by atoms with Gasteiger partial charge in [0.25, 0.3) is 0 Å². The van der Waals surface area contributed by atoms with E-state index in [9.17, 15) is 4.39 Å². The van der Waals surface area contributed by atoms with E-state index in [0.29, 0.717) is 29.6 Å². The lowest BCUT2D eigenvalue weighted by Crippen LogP contribution is -2.09. The van der Waals surface area contributed by atoms with Gasteiger partial charge in [-0.3, -0.25) is 4.57 Å². The van der Waals surface area contributed by atoms with E-state index in [1.165, 1.54) is 12.1 Å². The fourth-order valence-corrected chi connectivity index (χ4v) is 3.70. The fourth-order valence-electron chi connectivity index (χ4n) is 3.70. The van der Waals surface area contributed by atoms with E-state index in [0.717, 1.165) is 27.8 Å². The van der Waals surface area contributed by atoms with Crippen LogP contribution in [-0.2, 0) is 6.54 Å². The van der Waals surface area contributed by atoms with Crippen molar-refractivity contribution in [2.45, 2.75) is 13.5 Å². The molecule has 0 fully saturated rings. The van der Waals surface area contributed by atoms with Gasteiger partial charge in [-0.15, -0.1) is 0 Å². The molecule has 0 spiro atoms. The molecule has 0 atom stereocenters. The molecule has 7 heteroatoms. The van der Waals surface area contributed by atoms with E-state index in [1.807, 2.05) is 54.0 Å². The summed E-state index contributed by atoms with van der Waals surface area (Å²) in [7, 11) is 1.63. The quantitative estimate of drug-likeness (QED) is 0.437. The Hall–Kier alpha value is -4.00. The van der Waals surface area contributed by atoms with Crippen LogP contribution >= 0.6 is 0 Å². The number of hydrogen-bond acceptors (Lipinski definition) is 5. The summed E-state index contributed by atoms with van der Waals surface area (Å²) in [6.45, 7) is 2.42. The van der Waals surface area contributed by atoms with Crippen LogP contribution in [0.25, 0.3) is 27.9 Å². The number of hydrogen-bond donors (Lipinski definition) is 1. The zero-order valence-corrected chi connectivity index (χ0v) is 17.1. The van der Waals surface area contributed by atoms with Crippen molar-refractivity contribution in [2.75, 3.05) is 12.4 Å². The molecule has 0 aliphatic rings. The molecule has 0 bridgehead atoms. The highest BCUT2D eigenvalue weighted by molar-refractivity contribution is 5.94. The number of fused-ring (bicyclic) bond motifs is 2. The Morgan fingerprint density at radius 3 is 2.55 bits per heavy atom. The molecule has 0 saturated carbocycles. The molecule has 0 radical (unpaired) electrons. The van der Waals surface area contributed by atoms with Gasteiger partial charge in [-0.25, -0.2) is 14.4 Å². The second-order valence-corrected chi connectivity index (χ2v) is 7.19. The summed E-state index contributed by atoms with van der Waals surface area (Å²) in [5.74, 6) is 2.36. The maximum absolute atomic E-state index is 13.3. The van der Waals surface area contributed by atoms with Crippen LogP contribution in [0, 0.1) is 12.7 Å². The second-order valence-electron chi connectivity index (χ2n) is 7.19. The van der Waals surface area contributed by atoms with Gasteiger partial charge in [0.2, 0.25) is 5.95 Å². The first-order valence-electron chi connectivity index (χ1n) is 9.91. The van der Waals surface area contributed by atoms with Crippen molar-refractivity contribution in [1.82, 2.24) is 19.5 Å². The second kappa shape index (κ2) is 7.68. The number of aryl methyl sites for hydroxylation is 1. The number of ether oxygens (including phenoxy) is 1. The van der Waals surface area contributed by atoms with Crippen LogP contribution in [0.2, 0.25) is 0 Å². The van der Waals surface area contributed by atoms with Crippen molar-refractivity contribution in [3.63, 3.8) is 0 Å². The maximum Gasteiger partial charge on any atom is 0.238 e. The summed E-state index contributed by atoms with van der Waals surface area (Å²) in [6.07, 6.45) is 0. The molecule has 6 nitrogen and oxygen atoms in total. The van der Waals surface area contributed by atoms with Crippen LogP contribution in [0.1, 0.15) is 11.4 Å². The van der Waals surface area contributed by atoms with Crippen molar-refractivity contribution in [3.8, 4) is 11.7 Å². The molecule has 5 rings (SSSR count). The minimum absolute atomic E-state index is 0.259. The molecule has 3 aromatic carbocycles. The number of anilines is 1. The predicted molar refractivity (Wildman–Crippen MR) is 119 cm³/mol. The van der Waals surface area contributed by atoms with E-state index in [-0.39, 0.29) is 5.82 Å². The van der Waals surface area contributed by atoms with E-state index >= 15 is 0 Å². The highest BCUT2D eigenvalue weighted by Gasteiger charge is 2.16. The average molecular weight is 413 g/mol. The largest absolute Gasteiger partial charge is 0.494 e. The summed E-state index contributed by atoms with van der Waals surface area (Å²) < 4.78 is 20.8. The molecule has 5 aromatic rings. The van der Waals surface area contributed by atoms with Gasteiger partial charge in [-0.2, -0.15) is 4.98 Å². The molecule has 2 aromatic heterocycles. The molecule has 0 saturated heterocycles. The van der Waals surface area contributed by atoms with Crippen molar-refractivity contribution < 1.29 is 9.13 Å². The summed E-state index contributed by atoms with van der Waals surface area (Å²) in [5.41, 5.74) is 3.46. The monoisotopic (exact) mass is 413 g/mol. The third kappa shape index (κ3) is 3.44. The Morgan fingerprint density at radius 2 is 1.74 bits per heavy atom. The number of halogens is 1. The fraction of sp³-hybridized carbons (Fsp3) is 0.125. The molecule has 0 aliphatic carbocycles. The van der Waals surface area contributed by atoms with Gasteiger partial charge in [0, 0.05) is 11.9 Å². The zero-order valence-electron chi connectivity index (χ0n) is 17.1. The number of imidazole rings is 1. The van der Waals surface area contributed by atoms with Gasteiger partial charge in [-0.1, -0.05) is 30.3 Å². The average Bonchev–Trinajstić information content (AvgIpc) is 3.13. The normalized spacial score (nSPS) is 11.2. The number of benzene rings is 3. The Bertz CT molecular complexity index is 1400. The third-order valence-corrected chi connectivity index (χ3v) is 5.20. The Balaban J connectivity index is 1.67. The van der Waals surface area contributed by atoms with Gasteiger partial charge in [0.1, 0.15) is 28.7 Å². The molecular weight excluding hydrogens is 393 g/mol.